The van der Waals surface area contributed by atoms with Crippen molar-refractivity contribution in [2.45, 2.75) is 12.2 Å². The van der Waals surface area contributed by atoms with E-state index in [1.54, 1.807) is 18.3 Å². The number of hydrogen-bond donors (Lipinski definition) is 2. The van der Waals surface area contributed by atoms with Gasteiger partial charge < -0.3 is 14.8 Å². The highest BCUT2D eigenvalue weighted by Gasteiger charge is 2.29. The molecule has 0 bridgehead atoms. The van der Waals surface area contributed by atoms with E-state index >= 15 is 0 Å². The largest absolute Gasteiger partial charge is 0.485 e. The summed E-state index contributed by atoms with van der Waals surface area (Å²) in [5.41, 5.74) is 1.07. The molecule has 1 fully saturated rings. The van der Waals surface area contributed by atoms with Crippen molar-refractivity contribution in [2.75, 3.05) is 19.7 Å². The van der Waals surface area contributed by atoms with Crippen LogP contribution in [0.2, 0.25) is 5.02 Å². The first-order valence-corrected chi connectivity index (χ1v) is 8.94. The van der Waals surface area contributed by atoms with E-state index in [4.69, 9.17) is 21.1 Å². The lowest BCUT2D eigenvalue weighted by Gasteiger charge is -2.26. The van der Waals surface area contributed by atoms with Crippen LogP contribution < -0.4 is 15.8 Å². The van der Waals surface area contributed by atoms with Crippen molar-refractivity contribution in [1.29, 1.82) is 0 Å². The molecule has 28 heavy (non-hydrogen) atoms. The van der Waals surface area contributed by atoms with Gasteiger partial charge in [-0.05, 0) is 23.8 Å². The fourth-order valence-corrected chi connectivity index (χ4v) is 3.11. The van der Waals surface area contributed by atoms with E-state index in [-0.39, 0.29) is 10.8 Å². The van der Waals surface area contributed by atoms with Gasteiger partial charge >= 0.3 is 5.76 Å². The van der Waals surface area contributed by atoms with Gasteiger partial charge in [0.15, 0.2) is 5.82 Å². The molecule has 0 spiro atoms. The molecule has 2 unspecified atom stereocenters. The summed E-state index contributed by atoms with van der Waals surface area (Å²) in [4.78, 5) is 17.8. The van der Waals surface area contributed by atoms with E-state index < -0.39 is 23.8 Å². The molecule has 2 atom stereocenters. The van der Waals surface area contributed by atoms with Gasteiger partial charge in [0.25, 0.3) is 0 Å². The minimum absolute atomic E-state index is 0.0411. The Hall–Kier alpha value is -2.75. The summed E-state index contributed by atoms with van der Waals surface area (Å²) in [6.45, 7) is 1.53. The van der Waals surface area contributed by atoms with Crippen LogP contribution in [0.5, 0.6) is 5.75 Å². The monoisotopic (exact) mass is 406 g/mol. The fraction of sp³-hybridized carbons (Fsp3) is 0.278. The lowest BCUT2D eigenvalue weighted by molar-refractivity contribution is -0.00837. The Labute approximate surface area is 163 Å². The molecule has 0 saturated carbocycles. The zero-order valence-corrected chi connectivity index (χ0v) is 15.3. The summed E-state index contributed by atoms with van der Waals surface area (Å²) >= 11 is 5.80. The quantitative estimate of drug-likeness (QED) is 0.685. The highest BCUT2D eigenvalue weighted by molar-refractivity contribution is 6.30. The minimum atomic E-state index is -0.682. The third kappa shape index (κ3) is 3.91. The number of rotatable bonds is 4. The molecular formula is C18H16ClFN4O4. The van der Waals surface area contributed by atoms with Crippen LogP contribution in [0.1, 0.15) is 11.7 Å². The van der Waals surface area contributed by atoms with Gasteiger partial charge in [-0.3, -0.25) is 14.5 Å². The maximum Gasteiger partial charge on any atom is 0.439 e. The Morgan fingerprint density at radius 2 is 2.21 bits per heavy atom. The molecule has 4 rings (SSSR count). The Morgan fingerprint density at radius 1 is 1.32 bits per heavy atom. The number of hydrogen-bond acceptors (Lipinski definition) is 7. The number of pyridine rings is 1. The van der Waals surface area contributed by atoms with Gasteiger partial charge in [0.2, 0.25) is 0 Å². The Morgan fingerprint density at radius 3 is 3.00 bits per heavy atom. The SMILES string of the molecule is O=c1[nH]c(-c2cnccc2OC2CNCCOC2c2ccc(Cl)c(F)c2)no1. The van der Waals surface area contributed by atoms with Crippen molar-refractivity contribution >= 4 is 11.6 Å². The number of nitrogens with zero attached hydrogens (tertiary/aromatic N) is 2. The van der Waals surface area contributed by atoms with Crippen LogP contribution in [0.25, 0.3) is 11.4 Å². The van der Waals surface area contributed by atoms with Crippen LogP contribution in [0.15, 0.2) is 46.0 Å². The van der Waals surface area contributed by atoms with E-state index in [1.807, 2.05) is 0 Å². The number of ether oxygens (including phenoxy) is 2. The topological polar surface area (TPSA) is 102 Å². The van der Waals surface area contributed by atoms with E-state index in [2.05, 4.69) is 25.0 Å². The second kappa shape index (κ2) is 8.09. The number of nitrogens with one attached hydrogen (secondary N) is 2. The summed E-state index contributed by atoms with van der Waals surface area (Å²) in [5.74, 6) is -0.580. The van der Waals surface area contributed by atoms with E-state index in [0.29, 0.717) is 36.6 Å². The molecular weight excluding hydrogens is 391 g/mol. The van der Waals surface area contributed by atoms with Crippen LogP contribution in [0.4, 0.5) is 4.39 Å². The smallest absolute Gasteiger partial charge is 0.439 e. The first-order valence-electron chi connectivity index (χ1n) is 8.56. The zero-order valence-electron chi connectivity index (χ0n) is 14.5. The normalized spacial score (nSPS) is 19.9. The molecule has 1 aliphatic heterocycles. The van der Waals surface area contributed by atoms with Crippen molar-refractivity contribution in [1.82, 2.24) is 20.4 Å². The molecule has 3 heterocycles. The third-order valence-corrected chi connectivity index (χ3v) is 4.59. The van der Waals surface area contributed by atoms with Gasteiger partial charge in [0.05, 0.1) is 17.2 Å². The van der Waals surface area contributed by atoms with Crippen molar-refractivity contribution < 1.29 is 18.4 Å². The Balaban J connectivity index is 1.66. The molecule has 1 saturated heterocycles. The lowest BCUT2D eigenvalue weighted by Crippen LogP contribution is -2.34. The maximum atomic E-state index is 14.0. The van der Waals surface area contributed by atoms with E-state index in [1.165, 1.54) is 18.3 Å². The van der Waals surface area contributed by atoms with Crippen LogP contribution in [-0.2, 0) is 4.74 Å². The van der Waals surface area contributed by atoms with Gasteiger partial charge in [0.1, 0.15) is 23.8 Å². The Bertz CT molecular complexity index is 1020. The molecule has 2 aromatic heterocycles. The maximum absolute atomic E-state index is 14.0. The number of halogens is 2. The first-order chi connectivity index (χ1) is 13.6. The van der Waals surface area contributed by atoms with Crippen LogP contribution >= 0.6 is 11.6 Å². The van der Waals surface area contributed by atoms with Crippen molar-refractivity contribution in [3.63, 3.8) is 0 Å². The molecule has 8 nitrogen and oxygen atoms in total. The van der Waals surface area contributed by atoms with Crippen molar-refractivity contribution in [3.8, 4) is 17.1 Å². The molecule has 3 aromatic rings. The summed E-state index contributed by atoms with van der Waals surface area (Å²) in [7, 11) is 0. The van der Waals surface area contributed by atoms with Gasteiger partial charge in [-0.1, -0.05) is 22.8 Å². The minimum Gasteiger partial charge on any atom is -0.485 e. The molecule has 0 amide bonds. The van der Waals surface area contributed by atoms with Gasteiger partial charge in [-0.15, -0.1) is 0 Å². The van der Waals surface area contributed by atoms with E-state index in [0.717, 1.165) is 0 Å². The summed E-state index contributed by atoms with van der Waals surface area (Å²) in [6.07, 6.45) is 2.05. The molecule has 1 aliphatic rings. The van der Waals surface area contributed by atoms with Crippen LogP contribution in [0, 0.1) is 5.82 Å². The first kappa shape index (κ1) is 18.6. The molecule has 2 N–H and O–H groups in total. The molecule has 0 radical (unpaired) electrons. The lowest BCUT2D eigenvalue weighted by atomic mass is 10.0. The van der Waals surface area contributed by atoms with E-state index in [9.17, 15) is 9.18 Å². The molecule has 10 heteroatoms. The predicted octanol–water partition coefficient (Wildman–Crippen LogP) is 2.33. The summed E-state index contributed by atoms with van der Waals surface area (Å²) in [6, 6.07) is 6.19. The van der Waals surface area contributed by atoms with Gasteiger partial charge in [-0.2, -0.15) is 0 Å². The highest BCUT2D eigenvalue weighted by Crippen LogP contribution is 2.32. The Kier molecular flexibility index (Phi) is 5.38. The third-order valence-electron chi connectivity index (χ3n) is 4.29. The molecule has 146 valence electrons. The van der Waals surface area contributed by atoms with Gasteiger partial charge in [-0.25, -0.2) is 9.18 Å². The molecule has 1 aromatic carbocycles. The van der Waals surface area contributed by atoms with Crippen LogP contribution in [0.3, 0.4) is 0 Å². The summed E-state index contributed by atoms with van der Waals surface area (Å²) in [5, 5.41) is 6.95. The van der Waals surface area contributed by atoms with Crippen molar-refractivity contribution in [3.05, 3.63) is 63.6 Å². The van der Waals surface area contributed by atoms with Crippen LogP contribution in [-0.4, -0.2) is 40.9 Å². The second-order valence-electron chi connectivity index (χ2n) is 6.14. The highest BCUT2D eigenvalue weighted by atomic mass is 35.5. The zero-order chi connectivity index (χ0) is 19.5. The number of aromatic nitrogens is 3. The van der Waals surface area contributed by atoms with Gasteiger partial charge in [0, 0.05) is 25.5 Å². The summed E-state index contributed by atoms with van der Waals surface area (Å²) < 4.78 is 30.6. The average molecular weight is 407 g/mol. The number of benzene rings is 1. The molecule has 0 aliphatic carbocycles. The number of H-pyrrole nitrogens is 1. The standard InChI is InChI=1S/C18H16ClFN4O4/c19-12-2-1-10(7-13(12)20)16-15(9-22-5-6-26-16)27-14-3-4-21-8-11(14)17-23-18(25)28-24-17/h1-4,7-8,15-16,22H,5-6,9H2,(H,23,24,25). The average Bonchev–Trinajstić information content (AvgIpc) is 2.99. The second-order valence-corrected chi connectivity index (χ2v) is 6.55. The predicted molar refractivity (Wildman–Crippen MR) is 97.7 cm³/mol. The number of aromatic amines is 1. The fourth-order valence-electron chi connectivity index (χ4n) is 2.99. The van der Waals surface area contributed by atoms with Crippen molar-refractivity contribution in [2.24, 2.45) is 0 Å².